The summed E-state index contributed by atoms with van der Waals surface area (Å²) in [4.78, 5) is 33.1. The molecule has 0 unspecified atom stereocenters. The third-order valence-electron chi connectivity index (χ3n) is 4.35. The summed E-state index contributed by atoms with van der Waals surface area (Å²) in [7, 11) is 0. The number of rotatable bonds is 9. The maximum absolute atomic E-state index is 11.0. The van der Waals surface area contributed by atoms with Crippen molar-refractivity contribution >= 4 is 17.3 Å². The summed E-state index contributed by atoms with van der Waals surface area (Å²) >= 11 is 0. The maximum Gasteiger partial charge on any atom is 0.161 e. The number of aliphatic hydroxyl groups is 3. The van der Waals surface area contributed by atoms with E-state index in [1.54, 1.807) is 0 Å². The van der Waals surface area contributed by atoms with Gasteiger partial charge in [-0.05, 0) is 0 Å². The molecule has 7 heteroatoms. The van der Waals surface area contributed by atoms with E-state index in [-0.39, 0.29) is 87.2 Å². The Labute approximate surface area is 218 Å². The first-order chi connectivity index (χ1) is 14.8. The fourth-order valence-corrected chi connectivity index (χ4v) is 1.44. The number of carbonyl (C=O) groups is 3. The van der Waals surface area contributed by atoms with Crippen LogP contribution in [0.5, 0.6) is 0 Å². The van der Waals surface area contributed by atoms with Crippen molar-refractivity contribution in [1.29, 1.82) is 0 Å². The fourth-order valence-electron chi connectivity index (χ4n) is 1.44. The Hall–Kier alpha value is -1.85. The molecule has 0 saturated carbocycles. The first-order valence-electron chi connectivity index (χ1n) is 11.7. The Balaban J connectivity index is -0.000000196. The number of ketones is 3. The van der Waals surface area contributed by atoms with E-state index in [0.717, 1.165) is 0 Å². The summed E-state index contributed by atoms with van der Waals surface area (Å²) in [5, 5.41) is 27.6. The molecule has 0 heterocycles. The van der Waals surface area contributed by atoms with E-state index < -0.39 is 0 Å². The van der Waals surface area contributed by atoms with Crippen molar-refractivity contribution in [2.24, 2.45) is 35.5 Å². The second-order valence-corrected chi connectivity index (χ2v) is 9.84. The van der Waals surface area contributed by atoms with E-state index in [4.69, 9.17) is 0 Å². The Kier molecular flexibility index (Phi) is 23.8. The van der Waals surface area contributed by atoms with Gasteiger partial charge in [0, 0.05) is 70.8 Å². The molecule has 0 fully saturated rings. The van der Waals surface area contributed by atoms with E-state index in [0.29, 0.717) is 0 Å². The zero-order valence-electron chi connectivity index (χ0n) is 23.1. The van der Waals surface area contributed by atoms with Crippen LogP contribution >= 0.6 is 0 Å². The molecule has 0 rings (SSSR count). The number of carbonyl (C=O) groups excluding carboxylic acids is 3. The van der Waals surface area contributed by atoms with E-state index in [1.807, 2.05) is 83.1 Å². The van der Waals surface area contributed by atoms with E-state index in [1.165, 1.54) is 18.2 Å². The van der Waals surface area contributed by atoms with Crippen LogP contribution in [-0.2, 0) is 31.5 Å². The van der Waals surface area contributed by atoms with Crippen molar-refractivity contribution in [2.45, 2.75) is 83.1 Å². The minimum atomic E-state index is -0.0316. The molecule has 0 amide bonds. The molecular weight excluding hydrogens is 476 g/mol. The van der Waals surface area contributed by atoms with Crippen LogP contribution in [0.15, 0.2) is 35.5 Å². The number of hydrogen-bond donors (Lipinski definition) is 3. The minimum Gasteiger partial charge on any atom is -0.512 e. The first kappa shape index (κ1) is 39.4. The van der Waals surface area contributed by atoms with Gasteiger partial charge in [-0.15, -0.1) is 0 Å². The molecule has 0 aromatic rings. The van der Waals surface area contributed by atoms with Gasteiger partial charge in [0.25, 0.3) is 0 Å². The van der Waals surface area contributed by atoms with Crippen LogP contribution < -0.4 is 0 Å². The Morgan fingerprint density at radius 1 is 0.412 bits per heavy atom. The summed E-state index contributed by atoms with van der Waals surface area (Å²) in [5.74, 6) is 0.482. The smallest absolute Gasteiger partial charge is 0.161 e. The molecular formula is C27H48FeO6. The molecule has 0 radical (unpaired) electrons. The first-order valence-corrected chi connectivity index (χ1v) is 11.7. The van der Waals surface area contributed by atoms with Crippen LogP contribution in [0.1, 0.15) is 83.1 Å². The molecule has 0 aromatic carbocycles. The SMILES string of the molecule is CC(C)C(=O)/C=C(\O)C(C)C.CC(C)C(=O)/C=C(\O)C(C)C.CC(C)C(=O)/C=C(\O)C(C)C.[Fe]. The van der Waals surface area contributed by atoms with Gasteiger partial charge in [-0.1, -0.05) is 83.1 Å². The molecule has 3 N–H and O–H groups in total. The van der Waals surface area contributed by atoms with Crippen molar-refractivity contribution in [2.75, 3.05) is 0 Å². The summed E-state index contributed by atoms with van der Waals surface area (Å²) in [6.07, 6.45) is 3.94. The van der Waals surface area contributed by atoms with E-state index in [2.05, 4.69) is 0 Å². The average molecular weight is 525 g/mol. The molecule has 0 aromatic heterocycles. The third-order valence-corrected chi connectivity index (χ3v) is 4.35. The Morgan fingerprint density at radius 2 is 0.559 bits per heavy atom. The molecule has 0 aliphatic heterocycles. The zero-order valence-corrected chi connectivity index (χ0v) is 24.2. The second kappa shape index (κ2) is 20.5. The monoisotopic (exact) mass is 524 g/mol. The second-order valence-electron chi connectivity index (χ2n) is 9.84. The number of aliphatic hydroxyl groups excluding tert-OH is 3. The molecule has 0 bridgehead atoms. The van der Waals surface area contributed by atoms with Crippen LogP contribution in [0, 0.1) is 35.5 Å². The minimum absolute atomic E-state index is 0. The van der Waals surface area contributed by atoms with Gasteiger partial charge in [-0.2, -0.15) is 0 Å². The molecule has 0 spiro atoms. The molecule has 200 valence electrons. The quantitative estimate of drug-likeness (QED) is 0.171. The summed E-state index contributed by atoms with van der Waals surface area (Å²) < 4.78 is 0. The average Bonchev–Trinajstić information content (AvgIpc) is 2.67. The Morgan fingerprint density at radius 3 is 0.647 bits per heavy atom. The molecule has 0 aliphatic carbocycles. The van der Waals surface area contributed by atoms with Crippen molar-refractivity contribution < 1.29 is 46.8 Å². The molecule has 34 heavy (non-hydrogen) atoms. The van der Waals surface area contributed by atoms with Gasteiger partial charge >= 0.3 is 0 Å². The van der Waals surface area contributed by atoms with Crippen molar-refractivity contribution in [3.8, 4) is 0 Å². The van der Waals surface area contributed by atoms with Gasteiger partial charge in [0.05, 0.1) is 17.3 Å². The molecule has 6 nitrogen and oxygen atoms in total. The Bertz CT molecular complexity index is 601. The predicted molar refractivity (Wildman–Crippen MR) is 136 cm³/mol. The van der Waals surface area contributed by atoms with Gasteiger partial charge in [0.1, 0.15) is 0 Å². The fraction of sp³-hybridized carbons (Fsp3) is 0.667. The topological polar surface area (TPSA) is 112 Å². The number of hydrogen-bond acceptors (Lipinski definition) is 6. The van der Waals surface area contributed by atoms with E-state index in [9.17, 15) is 29.7 Å². The summed E-state index contributed by atoms with van der Waals surface area (Å²) in [5.41, 5.74) is 0. The zero-order chi connectivity index (χ0) is 27.0. The molecule has 0 saturated heterocycles. The van der Waals surface area contributed by atoms with Gasteiger partial charge < -0.3 is 15.3 Å². The summed E-state index contributed by atoms with van der Waals surface area (Å²) in [6.45, 7) is 22.0. The van der Waals surface area contributed by atoms with Gasteiger partial charge in [0.2, 0.25) is 0 Å². The predicted octanol–water partition coefficient (Wildman–Crippen LogP) is 6.93. The normalized spacial score (nSPS) is 12.4. The standard InChI is InChI=1S/3C9H16O2.Fe/c3*1-6(2)8(10)5-9(11)7(3)4;/h3*5-7,10H,1-4H3;/b3*8-5-;. The van der Waals surface area contributed by atoms with E-state index >= 15 is 0 Å². The van der Waals surface area contributed by atoms with Crippen LogP contribution in [0.4, 0.5) is 0 Å². The maximum atomic E-state index is 11.0. The van der Waals surface area contributed by atoms with Crippen LogP contribution in [0.3, 0.4) is 0 Å². The van der Waals surface area contributed by atoms with Gasteiger partial charge in [-0.25, -0.2) is 0 Å². The van der Waals surface area contributed by atoms with Crippen LogP contribution in [-0.4, -0.2) is 32.7 Å². The van der Waals surface area contributed by atoms with Gasteiger partial charge in [-0.3, -0.25) is 14.4 Å². The number of allylic oxidation sites excluding steroid dienone is 6. The van der Waals surface area contributed by atoms with Crippen LogP contribution in [0.25, 0.3) is 0 Å². The molecule has 0 atom stereocenters. The molecule has 0 aliphatic rings. The third kappa shape index (κ3) is 22.0. The van der Waals surface area contributed by atoms with Crippen LogP contribution in [0.2, 0.25) is 0 Å². The van der Waals surface area contributed by atoms with Crippen molar-refractivity contribution in [3.63, 3.8) is 0 Å². The van der Waals surface area contributed by atoms with Crippen molar-refractivity contribution in [1.82, 2.24) is 0 Å². The van der Waals surface area contributed by atoms with Gasteiger partial charge in [0.15, 0.2) is 17.3 Å². The summed E-state index contributed by atoms with van der Waals surface area (Å²) in [6, 6.07) is 0. The largest absolute Gasteiger partial charge is 0.512 e. The van der Waals surface area contributed by atoms with Crippen molar-refractivity contribution in [3.05, 3.63) is 35.5 Å².